The Labute approximate surface area is 103 Å². The van der Waals surface area contributed by atoms with E-state index in [1.54, 1.807) is 18.4 Å². The molecule has 1 unspecified atom stereocenters. The van der Waals surface area contributed by atoms with Crippen molar-refractivity contribution in [2.45, 2.75) is 13.3 Å². The van der Waals surface area contributed by atoms with E-state index in [0.29, 0.717) is 18.0 Å². The molecule has 0 saturated heterocycles. The smallest absolute Gasteiger partial charge is 0.292 e. The molecule has 0 aliphatic carbocycles. The molecule has 1 aromatic rings. The van der Waals surface area contributed by atoms with Crippen molar-refractivity contribution in [2.24, 2.45) is 0 Å². The number of hydrogen-bond donors (Lipinski definition) is 1. The monoisotopic (exact) mass is 256 g/mol. The van der Waals surface area contributed by atoms with E-state index in [4.69, 9.17) is 0 Å². The lowest BCUT2D eigenvalue weighted by Gasteiger charge is -2.07. The Balaban J connectivity index is 2.64. The molecule has 1 aromatic carbocycles. The number of hydrogen-bond acceptors (Lipinski definition) is 4. The number of anilines is 1. The van der Waals surface area contributed by atoms with E-state index in [-0.39, 0.29) is 5.69 Å². The summed E-state index contributed by atoms with van der Waals surface area (Å²) in [6.45, 7) is 2.40. The first-order valence-electron chi connectivity index (χ1n) is 5.29. The van der Waals surface area contributed by atoms with Gasteiger partial charge in [-0.3, -0.25) is 14.3 Å². The summed E-state index contributed by atoms with van der Waals surface area (Å²) in [4.78, 5) is 10.4. The highest BCUT2D eigenvalue weighted by atomic mass is 32.2. The van der Waals surface area contributed by atoms with Crippen molar-refractivity contribution in [1.29, 1.82) is 0 Å². The summed E-state index contributed by atoms with van der Waals surface area (Å²) in [7, 11) is -0.815. The van der Waals surface area contributed by atoms with Crippen LogP contribution >= 0.6 is 0 Å². The molecule has 0 radical (unpaired) electrons. The molecule has 0 saturated carbocycles. The van der Waals surface area contributed by atoms with Gasteiger partial charge in [-0.15, -0.1) is 0 Å². The van der Waals surface area contributed by atoms with Gasteiger partial charge in [-0.2, -0.15) is 0 Å². The molecule has 17 heavy (non-hydrogen) atoms. The first kappa shape index (κ1) is 13.6. The molecule has 0 spiro atoms. The molecule has 1 atom stereocenters. The van der Waals surface area contributed by atoms with E-state index in [9.17, 15) is 14.3 Å². The van der Waals surface area contributed by atoms with Crippen molar-refractivity contribution in [3.05, 3.63) is 33.9 Å². The van der Waals surface area contributed by atoms with Gasteiger partial charge < -0.3 is 5.32 Å². The van der Waals surface area contributed by atoms with Crippen molar-refractivity contribution >= 4 is 22.2 Å². The molecule has 6 heteroatoms. The van der Waals surface area contributed by atoms with E-state index in [1.807, 2.05) is 13.0 Å². The minimum absolute atomic E-state index is 0.0858. The van der Waals surface area contributed by atoms with Crippen LogP contribution < -0.4 is 5.32 Å². The number of nitro benzene ring substituents is 1. The maximum atomic E-state index is 10.9. The topological polar surface area (TPSA) is 72.2 Å². The van der Waals surface area contributed by atoms with Crippen LogP contribution in [0.4, 0.5) is 11.4 Å². The molecule has 1 rings (SSSR count). The zero-order valence-electron chi connectivity index (χ0n) is 9.93. The summed E-state index contributed by atoms with van der Waals surface area (Å²) in [6, 6.07) is 5.07. The fourth-order valence-corrected chi connectivity index (χ4v) is 1.99. The van der Waals surface area contributed by atoms with Crippen molar-refractivity contribution in [2.75, 3.05) is 23.9 Å². The Morgan fingerprint density at radius 3 is 2.76 bits per heavy atom. The van der Waals surface area contributed by atoms with Crippen LogP contribution in [-0.2, 0) is 10.8 Å². The van der Waals surface area contributed by atoms with Crippen LogP contribution in [0, 0.1) is 17.0 Å². The summed E-state index contributed by atoms with van der Waals surface area (Å²) in [5, 5.41) is 13.8. The van der Waals surface area contributed by atoms with Gasteiger partial charge in [-0.1, -0.05) is 6.07 Å². The number of nitrogens with one attached hydrogen (secondary N) is 1. The third kappa shape index (κ3) is 4.52. The summed E-state index contributed by atoms with van der Waals surface area (Å²) >= 11 is 0. The molecular formula is C11H16N2O3S. The van der Waals surface area contributed by atoms with Crippen LogP contribution in [0.2, 0.25) is 0 Å². The largest absolute Gasteiger partial charge is 0.379 e. The van der Waals surface area contributed by atoms with Crippen LogP contribution in [0.1, 0.15) is 12.0 Å². The van der Waals surface area contributed by atoms with Gasteiger partial charge in [0.1, 0.15) is 5.69 Å². The predicted octanol–water partition coefficient (Wildman–Crippen LogP) is 2.08. The quantitative estimate of drug-likeness (QED) is 0.480. The zero-order valence-corrected chi connectivity index (χ0v) is 10.8. The molecule has 0 aliphatic heterocycles. The van der Waals surface area contributed by atoms with Gasteiger partial charge in [-0.25, -0.2) is 0 Å². The number of rotatable bonds is 6. The van der Waals surface area contributed by atoms with Gasteiger partial charge in [-0.05, 0) is 25.0 Å². The lowest BCUT2D eigenvalue weighted by molar-refractivity contribution is -0.384. The summed E-state index contributed by atoms with van der Waals surface area (Å²) in [6.07, 6.45) is 2.38. The molecule has 0 aliphatic rings. The standard InChI is InChI=1S/C11H16N2O3S/c1-9-4-5-10(11(8-9)13(14)15)12-6-3-7-17(2)16/h4-5,8,12H,3,6-7H2,1-2H3. The SMILES string of the molecule is Cc1ccc(NCCCS(C)=O)c([N+](=O)[O-])c1. The Morgan fingerprint density at radius 2 is 2.18 bits per heavy atom. The Hall–Kier alpha value is -1.43. The number of nitrogens with zero attached hydrogens (tertiary/aromatic N) is 1. The molecule has 0 bridgehead atoms. The van der Waals surface area contributed by atoms with E-state index in [2.05, 4.69) is 5.32 Å². The van der Waals surface area contributed by atoms with Crippen LogP contribution in [0.5, 0.6) is 0 Å². The first-order valence-corrected chi connectivity index (χ1v) is 7.02. The second kappa shape index (κ2) is 6.34. The predicted molar refractivity (Wildman–Crippen MR) is 69.9 cm³/mol. The summed E-state index contributed by atoms with van der Waals surface area (Å²) < 4.78 is 10.9. The summed E-state index contributed by atoms with van der Waals surface area (Å²) in [5.74, 6) is 0.604. The number of nitro groups is 1. The van der Waals surface area contributed by atoms with Crippen LogP contribution in [0.15, 0.2) is 18.2 Å². The molecular weight excluding hydrogens is 240 g/mol. The van der Waals surface area contributed by atoms with Crippen molar-refractivity contribution in [3.8, 4) is 0 Å². The normalized spacial score (nSPS) is 12.1. The van der Waals surface area contributed by atoms with Gasteiger partial charge in [0.25, 0.3) is 5.69 Å². The lowest BCUT2D eigenvalue weighted by Crippen LogP contribution is -2.07. The maximum absolute atomic E-state index is 10.9. The molecule has 94 valence electrons. The zero-order chi connectivity index (χ0) is 12.8. The highest BCUT2D eigenvalue weighted by Gasteiger charge is 2.12. The summed E-state index contributed by atoms with van der Waals surface area (Å²) in [5.41, 5.74) is 1.46. The van der Waals surface area contributed by atoms with Crippen molar-refractivity contribution in [1.82, 2.24) is 0 Å². The highest BCUT2D eigenvalue weighted by Crippen LogP contribution is 2.25. The Bertz CT molecular complexity index is 435. The average molecular weight is 256 g/mol. The van der Waals surface area contributed by atoms with Gasteiger partial charge in [0.2, 0.25) is 0 Å². The van der Waals surface area contributed by atoms with Gasteiger partial charge in [0.15, 0.2) is 0 Å². The third-order valence-electron chi connectivity index (χ3n) is 2.27. The molecule has 0 heterocycles. The number of aryl methyl sites for hydroxylation is 1. The van der Waals surface area contributed by atoms with Crippen molar-refractivity contribution < 1.29 is 9.13 Å². The van der Waals surface area contributed by atoms with Gasteiger partial charge in [0.05, 0.1) is 4.92 Å². The second-order valence-corrected chi connectivity index (χ2v) is 5.39. The Kier molecular flexibility index (Phi) is 5.09. The molecule has 0 amide bonds. The van der Waals surface area contributed by atoms with Crippen LogP contribution in [0.25, 0.3) is 0 Å². The van der Waals surface area contributed by atoms with E-state index >= 15 is 0 Å². The van der Waals surface area contributed by atoms with Gasteiger partial charge >= 0.3 is 0 Å². The second-order valence-electron chi connectivity index (χ2n) is 3.84. The molecule has 0 fully saturated rings. The lowest BCUT2D eigenvalue weighted by atomic mass is 10.2. The fraction of sp³-hybridized carbons (Fsp3) is 0.455. The fourth-order valence-electron chi connectivity index (χ4n) is 1.44. The molecule has 1 N–H and O–H groups in total. The maximum Gasteiger partial charge on any atom is 0.292 e. The van der Waals surface area contributed by atoms with E-state index in [1.165, 1.54) is 0 Å². The van der Waals surface area contributed by atoms with Crippen LogP contribution in [0.3, 0.4) is 0 Å². The van der Waals surface area contributed by atoms with Gasteiger partial charge in [0, 0.05) is 35.4 Å². The van der Waals surface area contributed by atoms with E-state index in [0.717, 1.165) is 12.0 Å². The Morgan fingerprint density at radius 1 is 1.47 bits per heavy atom. The molecule has 5 nitrogen and oxygen atoms in total. The average Bonchev–Trinajstić information content (AvgIpc) is 2.25. The minimum Gasteiger partial charge on any atom is -0.379 e. The highest BCUT2D eigenvalue weighted by molar-refractivity contribution is 7.84. The van der Waals surface area contributed by atoms with E-state index < -0.39 is 15.7 Å². The van der Waals surface area contributed by atoms with Crippen LogP contribution in [-0.4, -0.2) is 27.7 Å². The third-order valence-corrected chi connectivity index (χ3v) is 3.14. The molecule has 0 aromatic heterocycles. The first-order chi connectivity index (χ1) is 8.00. The number of benzene rings is 1. The minimum atomic E-state index is -0.815. The van der Waals surface area contributed by atoms with Crippen molar-refractivity contribution in [3.63, 3.8) is 0 Å².